The van der Waals surface area contributed by atoms with Crippen LogP contribution in [-0.4, -0.2) is 6.54 Å². The van der Waals surface area contributed by atoms with E-state index in [0.717, 1.165) is 6.42 Å². The number of thiophene rings is 1. The Hall–Kier alpha value is -0.340. The fourth-order valence-electron chi connectivity index (χ4n) is 0.654. The lowest BCUT2D eigenvalue weighted by atomic mass is 10.3. The SMILES string of the molecule is NC[CH]Cc1cccs1. The largest absolute Gasteiger partial charge is 0.330 e. The van der Waals surface area contributed by atoms with Crippen molar-refractivity contribution in [1.29, 1.82) is 0 Å². The van der Waals surface area contributed by atoms with Crippen molar-refractivity contribution < 1.29 is 0 Å². The number of rotatable bonds is 3. The van der Waals surface area contributed by atoms with Crippen molar-refractivity contribution in [3.63, 3.8) is 0 Å². The van der Waals surface area contributed by atoms with Crippen LogP contribution >= 0.6 is 11.3 Å². The van der Waals surface area contributed by atoms with Crippen LogP contribution in [0.2, 0.25) is 0 Å². The number of nitrogens with two attached hydrogens (primary N) is 1. The van der Waals surface area contributed by atoms with Gasteiger partial charge in [-0.2, -0.15) is 0 Å². The van der Waals surface area contributed by atoms with Crippen molar-refractivity contribution in [3.05, 3.63) is 28.8 Å². The molecule has 0 aliphatic rings. The second kappa shape index (κ2) is 3.64. The van der Waals surface area contributed by atoms with Gasteiger partial charge in [-0.05, 0) is 30.8 Å². The van der Waals surface area contributed by atoms with E-state index in [-0.39, 0.29) is 0 Å². The predicted molar refractivity (Wildman–Crippen MR) is 41.4 cm³/mol. The third-order valence-electron chi connectivity index (χ3n) is 1.09. The van der Waals surface area contributed by atoms with Crippen LogP contribution < -0.4 is 5.73 Å². The van der Waals surface area contributed by atoms with Crippen LogP contribution in [0.3, 0.4) is 0 Å². The van der Waals surface area contributed by atoms with Crippen molar-refractivity contribution in [2.24, 2.45) is 5.73 Å². The molecule has 0 fully saturated rings. The van der Waals surface area contributed by atoms with E-state index in [1.54, 1.807) is 11.3 Å². The molecule has 0 saturated carbocycles. The summed E-state index contributed by atoms with van der Waals surface area (Å²) in [5.41, 5.74) is 5.29. The molecule has 1 aromatic rings. The minimum absolute atomic E-state index is 0.678. The van der Waals surface area contributed by atoms with E-state index < -0.39 is 0 Å². The number of hydrogen-bond donors (Lipinski definition) is 1. The van der Waals surface area contributed by atoms with Crippen LogP contribution in [0.4, 0.5) is 0 Å². The van der Waals surface area contributed by atoms with Crippen LogP contribution in [0.15, 0.2) is 17.5 Å². The standard InChI is InChI=1S/C7H10NS/c8-5-1-3-7-4-2-6-9-7/h1-2,4,6H,3,5,8H2. The Morgan fingerprint density at radius 2 is 2.56 bits per heavy atom. The molecule has 0 saturated heterocycles. The van der Waals surface area contributed by atoms with Crippen LogP contribution in [0.1, 0.15) is 4.88 Å². The first kappa shape index (κ1) is 6.78. The van der Waals surface area contributed by atoms with E-state index in [4.69, 9.17) is 5.73 Å². The molecule has 0 aliphatic heterocycles. The van der Waals surface area contributed by atoms with E-state index in [1.165, 1.54) is 4.88 Å². The summed E-state index contributed by atoms with van der Waals surface area (Å²) in [4.78, 5) is 1.39. The Labute approximate surface area is 59.5 Å². The molecule has 2 heteroatoms. The van der Waals surface area contributed by atoms with Crippen LogP contribution in [0.25, 0.3) is 0 Å². The highest BCUT2D eigenvalue weighted by atomic mass is 32.1. The summed E-state index contributed by atoms with van der Waals surface area (Å²) >= 11 is 1.78. The average Bonchev–Trinajstić information content (AvgIpc) is 2.34. The molecule has 0 aliphatic carbocycles. The summed E-state index contributed by atoms with van der Waals surface area (Å²) < 4.78 is 0. The van der Waals surface area contributed by atoms with E-state index in [1.807, 2.05) is 0 Å². The van der Waals surface area contributed by atoms with Gasteiger partial charge in [0.2, 0.25) is 0 Å². The van der Waals surface area contributed by atoms with Crippen LogP contribution in [0, 0.1) is 6.42 Å². The fourth-order valence-corrected chi connectivity index (χ4v) is 1.36. The van der Waals surface area contributed by atoms with E-state index in [9.17, 15) is 0 Å². The first-order valence-corrected chi connectivity index (χ1v) is 3.85. The van der Waals surface area contributed by atoms with Gasteiger partial charge in [-0.1, -0.05) is 6.07 Å². The molecule has 49 valence electrons. The molecule has 0 bridgehead atoms. The molecule has 2 N–H and O–H groups in total. The van der Waals surface area contributed by atoms with Crippen molar-refractivity contribution >= 4 is 11.3 Å². The Morgan fingerprint density at radius 1 is 1.67 bits per heavy atom. The van der Waals surface area contributed by atoms with Crippen molar-refractivity contribution in [2.75, 3.05) is 6.54 Å². The zero-order valence-corrected chi connectivity index (χ0v) is 6.03. The first-order valence-electron chi connectivity index (χ1n) is 2.97. The lowest BCUT2D eigenvalue weighted by Gasteiger charge is -1.90. The van der Waals surface area contributed by atoms with Gasteiger partial charge in [0.15, 0.2) is 0 Å². The second-order valence-corrected chi connectivity index (χ2v) is 2.84. The third kappa shape index (κ3) is 2.16. The van der Waals surface area contributed by atoms with Gasteiger partial charge in [0.1, 0.15) is 0 Å². The van der Waals surface area contributed by atoms with Gasteiger partial charge >= 0.3 is 0 Å². The highest BCUT2D eigenvalue weighted by Gasteiger charge is 1.90. The van der Waals surface area contributed by atoms with Crippen LogP contribution in [0.5, 0.6) is 0 Å². The molecular weight excluding hydrogens is 130 g/mol. The Bertz CT molecular complexity index is 146. The topological polar surface area (TPSA) is 26.0 Å². The van der Waals surface area contributed by atoms with Gasteiger partial charge in [0.05, 0.1) is 0 Å². The van der Waals surface area contributed by atoms with Crippen LogP contribution in [-0.2, 0) is 6.42 Å². The molecular formula is C7H10NS. The third-order valence-corrected chi connectivity index (χ3v) is 1.99. The quantitative estimate of drug-likeness (QED) is 0.675. The Balaban J connectivity index is 2.30. The lowest BCUT2D eigenvalue weighted by molar-refractivity contribution is 1.05. The maximum absolute atomic E-state index is 5.29. The number of hydrogen-bond acceptors (Lipinski definition) is 2. The Morgan fingerprint density at radius 3 is 3.11 bits per heavy atom. The minimum atomic E-state index is 0.678. The molecule has 1 rings (SSSR count). The molecule has 0 atom stereocenters. The Kier molecular flexibility index (Phi) is 2.74. The van der Waals surface area contributed by atoms with E-state index >= 15 is 0 Å². The molecule has 1 radical (unpaired) electrons. The highest BCUT2D eigenvalue weighted by molar-refractivity contribution is 7.09. The van der Waals surface area contributed by atoms with Crippen molar-refractivity contribution in [2.45, 2.75) is 6.42 Å². The monoisotopic (exact) mass is 140 g/mol. The predicted octanol–water partition coefficient (Wildman–Crippen LogP) is 1.45. The summed E-state index contributed by atoms with van der Waals surface area (Å²) in [5.74, 6) is 0. The minimum Gasteiger partial charge on any atom is -0.330 e. The first-order chi connectivity index (χ1) is 4.43. The normalized spacial score (nSPS) is 9.89. The molecule has 0 spiro atoms. The van der Waals surface area contributed by atoms with Gasteiger partial charge in [-0.3, -0.25) is 0 Å². The molecule has 0 unspecified atom stereocenters. The van der Waals surface area contributed by atoms with Gasteiger partial charge in [-0.15, -0.1) is 11.3 Å². The fraction of sp³-hybridized carbons (Fsp3) is 0.286. The summed E-state index contributed by atoms with van der Waals surface area (Å²) in [6, 6.07) is 4.18. The molecule has 0 amide bonds. The van der Waals surface area contributed by atoms with E-state index in [0.29, 0.717) is 6.54 Å². The summed E-state index contributed by atoms with van der Waals surface area (Å²) in [6.07, 6.45) is 3.10. The molecule has 9 heavy (non-hydrogen) atoms. The molecule has 1 nitrogen and oxygen atoms in total. The molecule has 0 aromatic carbocycles. The maximum Gasteiger partial charge on any atom is 0.00485 e. The lowest BCUT2D eigenvalue weighted by Crippen LogP contribution is -2.00. The van der Waals surface area contributed by atoms with Gasteiger partial charge in [-0.25, -0.2) is 0 Å². The second-order valence-electron chi connectivity index (χ2n) is 1.81. The summed E-state index contributed by atoms with van der Waals surface area (Å²) in [7, 11) is 0. The maximum atomic E-state index is 5.29. The summed E-state index contributed by atoms with van der Waals surface area (Å²) in [5, 5.41) is 2.08. The van der Waals surface area contributed by atoms with E-state index in [2.05, 4.69) is 23.9 Å². The summed E-state index contributed by atoms with van der Waals surface area (Å²) in [6.45, 7) is 0.678. The van der Waals surface area contributed by atoms with Gasteiger partial charge < -0.3 is 5.73 Å². The van der Waals surface area contributed by atoms with Gasteiger partial charge in [0, 0.05) is 4.88 Å². The average molecular weight is 140 g/mol. The zero-order chi connectivity index (χ0) is 6.53. The molecule has 1 heterocycles. The van der Waals surface area contributed by atoms with Crippen molar-refractivity contribution in [1.82, 2.24) is 0 Å². The van der Waals surface area contributed by atoms with Crippen molar-refractivity contribution in [3.8, 4) is 0 Å². The molecule has 1 aromatic heterocycles. The van der Waals surface area contributed by atoms with Gasteiger partial charge in [0.25, 0.3) is 0 Å². The smallest absolute Gasteiger partial charge is 0.00485 e. The highest BCUT2D eigenvalue weighted by Crippen LogP contribution is 2.09. The zero-order valence-electron chi connectivity index (χ0n) is 5.21.